The van der Waals surface area contributed by atoms with Crippen LogP contribution in [0.25, 0.3) is 0 Å². The minimum atomic E-state index is -0.460. The number of hydrogen-bond acceptors (Lipinski definition) is 4. The van der Waals surface area contributed by atoms with Gasteiger partial charge in [-0.1, -0.05) is 0 Å². The molecule has 0 unspecified atom stereocenters. The van der Waals surface area contributed by atoms with Crippen molar-refractivity contribution in [1.82, 2.24) is 14.5 Å². The van der Waals surface area contributed by atoms with Crippen LogP contribution in [0, 0.1) is 16.0 Å². The van der Waals surface area contributed by atoms with Crippen molar-refractivity contribution in [2.75, 3.05) is 18.4 Å². The molecule has 1 fully saturated rings. The molecular formula is C17H21N5O3. The maximum absolute atomic E-state index is 12.5. The molecule has 0 radical (unpaired) electrons. The molecule has 25 heavy (non-hydrogen) atoms. The van der Waals surface area contributed by atoms with E-state index in [0.29, 0.717) is 18.2 Å². The summed E-state index contributed by atoms with van der Waals surface area (Å²) in [4.78, 5) is 28.8. The predicted molar refractivity (Wildman–Crippen MR) is 93.3 cm³/mol. The Kier molecular flexibility index (Phi) is 4.97. The quantitative estimate of drug-likeness (QED) is 0.682. The van der Waals surface area contributed by atoms with Gasteiger partial charge in [0.1, 0.15) is 5.82 Å². The van der Waals surface area contributed by atoms with E-state index in [0.717, 1.165) is 31.6 Å². The Hall–Kier alpha value is -2.90. The number of aromatic nitrogens is 2. The monoisotopic (exact) mass is 343 g/mol. The zero-order valence-corrected chi connectivity index (χ0v) is 14.1. The number of nitro benzene ring substituents is 1. The van der Waals surface area contributed by atoms with E-state index in [4.69, 9.17) is 0 Å². The van der Waals surface area contributed by atoms with Crippen LogP contribution in [0.5, 0.6) is 0 Å². The molecule has 0 aliphatic carbocycles. The second-order valence-corrected chi connectivity index (χ2v) is 6.35. The SMILES string of the molecule is Cn1ccnc1C[C@@H]1CCCN(C(=O)Nc2ccc([N+](=O)[O-])cc2)C1. The van der Waals surface area contributed by atoms with Gasteiger partial charge in [-0.05, 0) is 30.9 Å². The molecule has 1 atom stereocenters. The lowest BCUT2D eigenvalue weighted by atomic mass is 9.94. The summed E-state index contributed by atoms with van der Waals surface area (Å²) in [6.07, 6.45) is 6.61. The summed E-state index contributed by atoms with van der Waals surface area (Å²) in [5.74, 6) is 1.42. The van der Waals surface area contributed by atoms with E-state index >= 15 is 0 Å². The minimum absolute atomic E-state index is 0.00565. The highest BCUT2D eigenvalue weighted by atomic mass is 16.6. The lowest BCUT2D eigenvalue weighted by molar-refractivity contribution is -0.384. The number of piperidine rings is 1. The highest BCUT2D eigenvalue weighted by molar-refractivity contribution is 5.89. The molecule has 3 rings (SSSR count). The van der Waals surface area contributed by atoms with Crippen LogP contribution >= 0.6 is 0 Å². The predicted octanol–water partition coefficient (Wildman–Crippen LogP) is 2.81. The number of imidazole rings is 1. The summed E-state index contributed by atoms with van der Waals surface area (Å²) >= 11 is 0. The minimum Gasteiger partial charge on any atom is -0.338 e. The first-order chi connectivity index (χ1) is 12.0. The Balaban J connectivity index is 1.58. The van der Waals surface area contributed by atoms with Crippen LogP contribution in [0.4, 0.5) is 16.2 Å². The molecular weight excluding hydrogens is 322 g/mol. The number of anilines is 1. The van der Waals surface area contributed by atoms with E-state index in [1.807, 2.05) is 17.8 Å². The summed E-state index contributed by atoms with van der Waals surface area (Å²) in [5.41, 5.74) is 0.563. The molecule has 1 aliphatic rings. The normalized spacial score (nSPS) is 17.3. The van der Waals surface area contributed by atoms with Crippen molar-refractivity contribution in [2.24, 2.45) is 13.0 Å². The smallest absolute Gasteiger partial charge is 0.321 e. The lowest BCUT2D eigenvalue weighted by Gasteiger charge is -2.32. The van der Waals surface area contributed by atoms with Gasteiger partial charge in [-0.25, -0.2) is 9.78 Å². The molecule has 0 saturated carbocycles. The Labute approximate surface area is 145 Å². The first kappa shape index (κ1) is 16.9. The van der Waals surface area contributed by atoms with Crippen LogP contribution in [0.1, 0.15) is 18.7 Å². The highest BCUT2D eigenvalue weighted by Gasteiger charge is 2.25. The number of hydrogen-bond donors (Lipinski definition) is 1. The van der Waals surface area contributed by atoms with Gasteiger partial charge in [-0.15, -0.1) is 0 Å². The number of nitrogens with one attached hydrogen (secondary N) is 1. The number of nitrogens with zero attached hydrogens (tertiary/aromatic N) is 4. The maximum Gasteiger partial charge on any atom is 0.321 e. The third-order valence-corrected chi connectivity index (χ3v) is 4.53. The van der Waals surface area contributed by atoms with E-state index in [1.54, 1.807) is 23.2 Å². The average Bonchev–Trinajstić information content (AvgIpc) is 3.00. The number of rotatable bonds is 4. The first-order valence-corrected chi connectivity index (χ1v) is 8.29. The van der Waals surface area contributed by atoms with E-state index in [-0.39, 0.29) is 11.7 Å². The summed E-state index contributed by atoms with van der Waals surface area (Å²) in [7, 11) is 1.98. The fraction of sp³-hybridized carbons (Fsp3) is 0.412. The van der Waals surface area contributed by atoms with Gasteiger partial charge in [0.25, 0.3) is 5.69 Å². The molecule has 1 N–H and O–H groups in total. The second-order valence-electron chi connectivity index (χ2n) is 6.35. The van der Waals surface area contributed by atoms with Gasteiger partial charge in [0.05, 0.1) is 4.92 Å². The number of aryl methyl sites for hydroxylation is 1. The molecule has 0 bridgehead atoms. The number of non-ortho nitro benzene ring substituents is 1. The molecule has 8 nitrogen and oxygen atoms in total. The summed E-state index contributed by atoms with van der Waals surface area (Å²) in [6, 6.07) is 5.70. The Morgan fingerprint density at radius 1 is 1.40 bits per heavy atom. The van der Waals surface area contributed by atoms with Crippen molar-refractivity contribution in [2.45, 2.75) is 19.3 Å². The average molecular weight is 343 g/mol. The summed E-state index contributed by atoms with van der Waals surface area (Å²) in [5, 5.41) is 13.5. The van der Waals surface area contributed by atoms with Crippen LogP contribution in [0.15, 0.2) is 36.7 Å². The van der Waals surface area contributed by atoms with Crippen LogP contribution in [0.3, 0.4) is 0 Å². The summed E-state index contributed by atoms with van der Waals surface area (Å²) in [6.45, 7) is 1.40. The standard InChI is InChI=1S/C17H21N5O3/c1-20-10-8-18-16(20)11-13-3-2-9-21(12-13)17(23)19-14-4-6-15(7-5-14)22(24)25/h4-8,10,13H,2-3,9,11-12H2,1H3,(H,19,23)/t13-/m0/s1. The van der Waals surface area contributed by atoms with Crippen molar-refractivity contribution in [3.63, 3.8) is 0 Å². The number of carbonyl (C=O) groups excluding carboxylic acids is 1. The van der Waals surface area contributed by atoms with Crippen molar-refractivity contribution < 1.29 is 9.72 Å². The van der Waals surface area contributed by atoms with Gasteiger partial charge in [-0.3, -0.25) is 10.1 Å². The van der Waals surface area contributed by atoms with Gasteiger partial charge in [0.2, 0.25) is 0 Å². The first-order valence-electron chi connectivity index (χ1n) is 8.29. The van der Waals surface area contributed by atoms with Crippen LogP contribution in [-0.4, -0.2) is 38.5 Å². The zero-order valence-electron chi connectivity index (χ0n) is 14.1. The molecule has 2 amide bonds. The van der Waals surface area contributed by atoms with E-state index in [9.17, 15) is 14.9 Å². The van der Waals surface area contributed by atoms with Crippen molar-refractivity contribution in [3.8, 4) is 0 Å². The third-order valence-electron chi connectivity index (χ3n) is 4.53. The molecule has 0 spiro atoms. The highest BCUT2D eigenvalue weighted by Crippen LogP contribution is 2.21. The van der Waals surface area contributed by atoms with Crippen molar-refractivity contribution in [1.29, 1.82) is 0 Å². The summed E-state index contributed by atoms with van der Waals surface area (Å²) < 4.78 is 2.01. The number of nitro groups is 1. The fourth-order valence-electron chi connectivity index (χ4n) is 3.14. The molecule has 1 saturated heterocycles. The molecule has 8 heteroatoms. The zero-order chi connectivity index (χ0) is 17.8. The Morgan fingerprint density at radius 3 is 2.80 bits per heavy atom. The van der Waals surface area contributed by atoms with Crippen LogP contribution < -0.4 is 5.32 Å². The van der Waals surface area contributed by atoms with Crippen LogP contribution in [0.2, 0.25) is 0 Å². The molecule has 1 aromatic carbocycles. The number of urea groups is 1. The van der Waals surface area contributed by atoms with E-state index < -0.39 is 4.92 Å². The molecule has 2 heterocycles. The van der Waals surface area contributed by atoms with E-state index in [1.165, 1.54) is 12.1 Å². The number of carbonyl (C=O) groups is 1. The molecule has 132 valence electrons. The van der Waals surface area contributed by atoms with E-state index in [2.05, 4.69) is 10.3 Å². The maximum atomic E-state index is 12.5. The van der Waals surface area contributed by atoms with Gasteiger partial charge in [-0.2, -0.15) is 0 Å². The van der Waals surface area contributed by atoms with Gasteiger partial charge >= 0.3 is 6.03 Å². The van der Waals surface area contributed by atoms with Crippen LogP contribution in [-0.2, 0) is 13.5 Å². The fourth-order valence-corrected chi connectivity index (χ4v) is 3.14. The second kappa shape index (κ2) is 7.33. The topological polar surface area (TPSA) is 93.3 Å². The van der Waals surface area contributed by atoms with Gasteiger partial charge < -0.3 is 14.8 Å². The third kappa shape index (κ3) is 4.14. The van der Waals surface area contributed by atoms with Gasteiger partial charge in [0, 0.05) is 56.8 Å². The molecule has 2 aromatic rings. The Bertz CT molecular complexity index is 756. The van der Waals surface area contributed by atoms with Crippen molar-refractivity contribution in [3.05, 3.63) is 52.6 Å². The number of amides is 2. The van der Waals surface area contributed by atoms with Gasteiger partial charge in [0.15, 0.2) is 0 Å². The lowest BCUT2D eigenvalue weighted by Crippen LogP contribution is -2.43. The number of likely N-dealkylation sites (tertiary alicyclic amines) is 1. The Morgan fingerprint density at radius 2 is 2.16 bits per heavy atom. The molecule has 1 aromatic heterocycles. The van der Waals surface area contributed by atoms with Crippen molar-refractivity contribution >= 4 is 17.4 Å². The molecule has 1 aliphatic heterocycles. The largest absolute Gasteiger partial charge is 0.338 e. The number of benzene rings is 1.